The van der Waals surface area contributed by atoms with E-state index in [-0.39, 0.29) is 12.0 Å². The number of carbonyl (C=O) groups excluding carboxylic acids is 1. The van der Waals surface area contributed by atoms with Crippen LogP contribution in [0, 0.1) is 0 Å². The number of rotatable bonds is 8. The highest BCUT2D eigenvalue weighted by Crippen LogP contribution is 2.10. The van der Waals surface area contributed by atoms with E-state index in [1.54, 1.807) is 14.0 Å². The first-order valence-corrected chi connectivity index (χ1v) is 5.56. The molecule has 0 aliphatic heterocycles. The minimum Gasteiger partial charge on any atom is -0.378 e. The summed E-state index contributed by atoms with van der Waals surface area (Å²) in [6, 6.07) is 0. The van der Waals surface area contributed by atoms with E-state index < -0.39 is 5.54 Å². The quantitative estimate of drug-likeness (QED) is 0.637. The summed E-state index contributed by atoms with van der Waals surface area (Å²) < 4.78 is 5.58. The third kappa shape index (κ3) is 5.14. The number of ether oxygens (including phenoxy) is 1. The monoisotopic (exact) mass is 216 g/mol. The van der Waals surface area contributed by atoms with Crippen LogP contribution in [0.2, 0.25) is 0 Å². The van der Waals surface area contributed by atoms with Crippen LogP contribution < -0.4 is 11.1 Å². The number of nitrogens with two attached hydrogens (primary N) is 1. The zero-order chi connectivity index (χ0) is 11.9. The van der Waals surface area contributed by atoms with E-state index in [0.717, 1.165) is 12.8 Å². The van der Waals surface area contributed by atoms with Crippen molar-refractivity contribution in [1.29, 1.82) is 0 Å². The molecule has 0 fully saturated rings. The van der Waals surface area contributed by atoms with Crippen LogP contribution in [0.25, 0.3) is 0 Å². The van der Waals surface area contributed by atoms with Gasteiger partial charge in [0, 0.05) is 6.61 Å². The molecule has 2 atom stereocenters. The average Bonchev–Trinajstić information content (AvgIpc) is 2.17. The normalized spacial score (nSPS) is 17.1. The van der Waals surface area contributed by atoms with Crippen LogP contribution in [0.4, 0.5) is 0 Å². The Morgan fingerprint density at radius 3 is 2.60 bits per heavy atom. The highest BCUT2D eigenvalue weighted by molar-refractivity contribution is 5.84. The van der Waals surface area contributed by atoms with Crippen molar-refractivity contribution in [2.75, 3.05) is 13.7 Å². The van der Waals surface area contributed by atoms with Gasteiger partial charge in [-0.15, -0.1) is 0 Å². The summed E-state index contributed by atoms with van der Waals surface area (Å²) >= 11 is 0. The van der Waals surface area contributed by atoms with Crippen LogP contribution in [0.1, 0.15) is 40.0 Å². The van der Waals surface area contributed by atoms with Gasteiger partial charge in [-0.3, -0.25) is 4.79 Å². The Balaban J connectivity index is 3.87. The second-order valence-corrected chi connectivity index (χ2v) is 4.17. The topological polar surface area (TPSA) is 64.3 Å². The largest absolute Gasteiger partial charge is 0.378 e. The Hall–Kier alpha value is -0.610. The number of primary amides is 1. The molecule has 4 heteroatoms. The second-order valence-electron chi connectivity index (χ2n) is 4.17. The van der Waals surface area contributed by atoms with E-state index in [1.165, 1.54) is 0 Å². The van der Waals surface area contributed by atoms with E-state index in [0.29, 0.717) is 13.0 Å². The minimum absolute atomic E-state index is 0.254. The molecule has 0 saturated carbocycles. The molecule has 0 aliphatic rings. The first-order valence-electron chi connectivity index (χ1n) is 5.56. The third-order valence-electron chi connectivity index (χ3n) is 2.80. The molecule has 0 aromatic carbocycles. The van der Waals surface area contributed by atoms with Crippen LogP contribution in [0.15, 0.2) is 0 Å². The first kappa shape index (κ1) is 14.4. The molecule has 3 N–H and O–H groups in total. The van der Waals surface area contributed by atoms with Gasteiger partial charge < -0.3 is 15.8 Å². The van der Waals surface area contributed by atoms with Crippen molar-refractivity contribution in [3.05, 3.63) is 0 Å². The molecular weight excluding hydrogens is 192 g/mol. The third-order valence-corrected chi connectivity index (χ3v) is 2.80. The molecule has 0 heterocycles. The Morgan fingerprint density at radius 1 is 1.60 bits per heavy atom. The van der Waals surface area contributed by atoms with Crippen LogP contribution in [-0.2, 0) is 9.53 Å². The van der Waals surface area contributed by atoms with Gasteiger partial charge in [0.25, 0.3) is 0 Å². The van der Waals surface area contributed by atoms with E-state index in [4.69, 9.17) is 10.5 Å². The summed E-state index contributed by atoms with van der Waals surface area (Å²) in [7, 11) is 1.74. The fourth-order valence-electron chi connectivity index (χ4n) is 1.33. The van der Waals surface area contributed by atoms with Crippen molar-refractivity contribution >= 4 is 5.91 Å². The summed E-state index contributed by atoms with van der Waals surface area (Å²) in [6.45, 7) is 6.52. The van der Waals surface area contributed by atoms with Gasteiger partial charge in [-0.25, -0.2) is 0 Å². The van der Waals surface area contributed by atoms with E-state index >= 15 is 0 Å². The van der Waals surface area contributed by atoms with Crippen molar-refractivity contribution in [2.45, 2.75) is 51.7 Å². The van der Waals surface area contributed by atoms with Crippen molar-refractivity contribution in [1.82, 2.24) is 5.32 Å². The molecule has 0 spiro atoms. The van der Waals surface area contributed by atoms with Gasteiger partial charge in [0.1, 0.15) is 0 Å². The van der Waals surface area contributed by atoms with Crippen molar-refractivity contribution < 1.29 is 9.53 Å². The maximum atomic E-state index is 11.2. The fourth-order valence-corrected chi connectivity index (χ4v) is 1.33. The molecule has 0 radical (unpaired) electrons. The highest BCUT2D eigenvalue weighted by atomic mass is 16.5. The van der Waals surface area contributed by atoms with Gasteiger partial charge in [0.15, 0.2) is 0 Å². The maximum absolute atomic E-state index is 11.2. The maximum Gasteiger partial charge on any atom is 0.237 e. The van der Waals surface area contributed by atoms with Crippen molar-refractivity contribution in [2.24, 2.45) is 5.73 Å². The Bertz CT molecular complexity index is 197. The molecule has 90 valence electrons. The van der Waals surface area contributed by atoms with Crippen molar-refractivity contribution in [3.63, 3.8) is 0 Å². The van der Waals surface area contributed by atoms with Gasteiger partial charge in [-0.05, 0) is 33.7 Å². The molecule has 15 heavy (non-hydrogen) atoms. The highest BCUT2D eigenvalue weighted by Gasteiger charge is 2.28. The van der Waals surface area contributed by atoms with E-state index in [2.05, 4.69) is 12.2 Å². The van der Waals surface area contributed by atoms with Gasteiger partial charge in [-0.1, -0.05) is 13.3 Å². The van der Waals surface area contributed by atoms with Gasteiger partial charge >= 0.3 is 0 Å². The summed E-state index contributed by atoms with van der Waals surface area (Å²) in [6.07, 6.45) is 3.02. The number of likely N-dealkylation sites (N-methyl/N-ethyl adjacent to an activating group) is 1. The molecule has 2 unspecified atom stereocenters. The summed E-state index contributed by atoms with van der Waals surface area (Å²) in [5, 5.41) is 2.93. The van der Waals surface area contributed by atoms with Crippen LogP contribution in [-0.4, -0.2) is 31.2 Å². The minimum atomic E-state index is -0.661. The number of hydrogen-bond donors (Lipinski definition) is 2. The van der Waals surface area contributed by atoms with Crippen LogP contribution >= 0.6 is 0 Å². The number of nitrogens with one attached hydrogen (secondary N) is 1. The molecule has 0 aromatic heterocycles. The number of amides is 1. The zero-order valence-corrected chi connectivity index (χ0v) is 10.3. The van der Waals surface area contributed by atoms with E-state index in [9.17, 15) is 4.79 Å². The zero-order valence-electron chi connectivity index (χ0n) is 10.3. The predicted molar refractivity (Wildman–Crippen MR) is 61.6 cm³/mol. The lowest BCUT2D eigenvalue weighted by Gasteiger charge is -2.26. The van der Waals surface area contributed by atoms with Crippen molar-refractivity contribution in [3.8, 4) is 0 Å². The smallest absolute Gasteiger partial charge is 0.237 e. The summed E-state index contributed by atoms with van der Waals surface area (Å²) in [5.41, 5.74) is 4.64. The number of carbonyl (C=O) groups is 1. The Morgan fingerprint density at radius 2 is 2.20 bits per heavy atom. The van der Waals surface area contributed by atoms with Crippen LogP contribution in [0.5, 0.6) is 0 Å². The molecule has 0 rings (SSSR count). The Labute approximate surface area is 92.6 Å². The average molecular weight is 216 g/mol. The fraction of sp³-hybridized carbons (Fsp3) is 0.909. The molecule has 0 aromatic rings. The molecule has 0 bridgehead atoms. The molecule has 0 saturated heterocycles. The molecule has 0 aliphatic carbocycles. The predicted octanol–water partition coefficient (Wildman–Crippen LogP) is 1.05. The second kappa shape index (κ2) is 6.80. The Kier molecular flexibility index (Phi) is 6.52. The lowest BCUT2D eigenvalue weighted by atomic mass is 9.98. The SMILES string of the molecule is CCCC(C)OCCC(C)(NC)C(N)=O. The first-order chi connectivity index (χ1) is 6.96. The molecular formula is C11H24N2O2. The summed E-state index contributed by atoms with van der Waals surface area (Å²) in [4.78, 5) is 11.2. The van der Waals surface area contributed by atoms with Crippen LogP contribution in [0.3, 0.4) is 0 Å². The molecule has 4 nitrogen and oxygen atoms in total. The van der Waals surface area contributed by atoms with E-state index in [1.807, 2.05) is 6.92 Å². The van der Waals surface area contributed by atoms with Gasteiger partial charge in [-0.2, -0.15) is 0 Å². The summed E-state index contributed by atoms with van der Waals surface area (Å²) in [5.74, 6) is -0.336. The van der Waals surface area contributed by atoms with Gasteiger partial charge in [0.2, 0.25) is 5.91 Å². The number of hydrogen-bond acceptors (Lipinski definition) is 3. The lowest BCUT2D eigenvalue weighted by molar-refractivity contribution is -0.124. The standard InChI is InChI=1S/C11H24N2O2/c1-5-6-9(2)15-8-7-11(3,13-4)10(12)14/h9,13H,5-8H2,1-4H3,(H2,12,14). The molecule has 1 amide bonds. The van der Waals surface area contributed by atoms with Gasteiger partial charge in [0.05, 0.1) is 11.6 Å². The lowest BCUT2D eigenvalue weighted by Crippen LogP contribution is -2.52.